The number of ether oxygens (including phenoxy) is 1. The van der Waals surface area contributed by atoms with Gasteiger partial charge in [0.15, 0.2) is 10.6 Å². The topological polar surface area (TPSA) is 72.6 Å². The normalized spacial score (nSPS) is 15.5. The van der Waals surface area contributed by atoms with Crippen LogP contribution in [0, 0.1) is 13.8 Å². The van der Waals surface area contributed by atoms with Gasteiger partial charge in [0.05, 0.1) is 23.6 Å². The minimum Gasteiger partial charge on any atom is -0.494 e. The van der Waals surface area contributed by atoms with Gasteiger partial charge in [-0.1, -0.05) is 12.1 Å². The molecule has 1 amide bonds. The standard InChI is InChI=1S/C24H20N2O4S/c1-4-29-16-7-5-15(6-8-16)20-19-21(27)17-11-13(2)14(3)12-18(17)30-22(19)23(28)26(20)24-25-9-10-31-24/h5-12,20H,4H2,1-3H3. The SMILES string of the molecule is CCOc1ccc(C2c3c(oc4cc(C)c(C)cc4c3=O)C(=O)N2c2nccs2)cc1. The van der Waals surface area contributed by atoms with Crippen LogP contribution in [0.3, 0.4) is 0 Å². The van der Waals surface area contributed by atoms with Crippen molar-refractivity contribution in [3.05, 3.63) is 86.2 Å². The van der Waals surface area contributed by atoms with E-state index in [0.717, 1.165) is 22.4 Å². The number of carbonyl (C=O) groups is 1. The lowest BCUT2D eigenvalue weighted by atomic mass is 9.97. The maximum Gasteiger partial charge on any atom is 0.297 e. The molecular weight excluding hydrogens is 412 g/mol. The molecule has 156 valence electrons. The molecule has 5 rings (SSSR count). The number of anilines is 1. The summed E-state index contributed by atoms with van der Waals surface area (Å²) in [6.07, 6.45) is 1.64. The fourth-order valence-corrected chi connectivity index (χ4v) is 4.66. The summed E-state index contributed by atoms with van der Waals surface area (Å²) in [6.45, 7) is 6.39. The summed E-state index contributed by atoms with van der Waals surface area (Å²) in [6, 6.07) is 10.5. The van der Waals surface area contributed by atoms with Crippen LogP contribution in [0.15, 0.2) is 57.2 Å². The van der Waals surface area contributed by atoms with Crippen LogP contribution in [0.25, 0.3) is 11.0 Å². The third-order valence-electron chi connectivity index (χ3n) is 5.62. The van der Waals surface area contributed by atoms with Crippen LogP contribution in [0.4, 0.5) is 5.13 Å². The highest BCUT2D eigenvalue weighted by Crippen LogP contribution is 2.42. The minimum absolute atomic E-state index is 0.0786. The van der Waals surface area contributed by atoms with Crippen molar-refractivity contribution in [3.63, 3.8) is 0 Å². The quantitative estimate of drug-likeness (QED) is 0.453. The van der Waals surface area contributed by atoms with Crippen LogP contribution in [-0.4, -0.2) is 17.5 Å². The van der Waals surface area contributed by atoms with Gasteiger partial charge in [0.25, 0.3) is 5.91 Å². The first-order chi connectivity index (χ1) is 15.0. The lowest BCUT2D eigenvalue weighted by Crippen LogP contribution is -2.29. The molecule has 0 saturated carbocycles. The Morgan fingerprint density at radius 1 is 1.13 bits per heavy atom. The molecular formula is C24H20N2O4S. The van der Waals surface area contributed by atoms with Crippen molar-refractivity contribution in [2.24, 2.45) is 0 Å². The number of aromatic nitrogens is 1. The van der Waals surface area contributed by atoms with Gasteiger partial charge >= 0.3 is 0 Å². The smallest absolute Gasteiger partial charge is 0.297 e. The highest BCUT2D eigenvalue weighted by Gasteiger charge is 2.44. The summed E-state index contributed by atoms with van der Waals surface area (Å²) in [4.78, 5) is 32.9. The van der Waals surface area contributed by atoms with Crippen molar-refractivity contribution in [2.45, 2.75) is 26.8 Å². The van der Waals surface area contributed by atoms with Gasteiger partial charge in [-0.25, -0.2) is 4.98 Å². The molecule has 0 spiro atoms. The molecule has 0 radical (unpaired) electrons. The zero-order valence-corrected chi connectivity index (χ0v) is 18.2. The van der Waals surface area contributed by atoms with E-state index >= 15 is 0 Å². The third-order valence-corrected chi connectivity index (χ3v) is 6.39. The Morgan fingerprint density at radius 3 is 2.55 bits per heavy atom. The number of fused-ring (bicyclic) bond motifs is 2. The van der Waals surface area contributed by atoms with Crippen LogP contribution in [0.1, 0.15) is 45.8 Å². The molecule has 7 heteroatoms. The Bertz CT molecular complexity index is 1360. The van der Waals surface area contributed by atoms with E-state index in [1.807, 2.05) is 57.2 Å². The van der Waals surface area contributed by atoms with Gasteiger partial charge in [0.1, 0.15) is 11.3 Å². The molecule has 3 heterocycles. The molecule has 0 aliphatic carbocycles. The molecule has 1 aliphatic rings. The Labute approximate surface area is 182 Å². The van der Waals surface area contributed by atoms with Crippen molar-refractivity contribution in [1.29, 1.82) is 0 Å². The number of amides is 1. The van der Waals surface area contributed by atoms with Gasteiger partial charge in [0.2, 0.25) is 5.76 Å². The summed E-state index contributed by atoms with van der Waals surface area (Å²) < 4.78 is 11.6. The Balaban J connectivity index is 1.77. The van der Waals surface area contributed by atoms with Crippen molar-refractivity contribution < 1.29 is 13.9 Å². The predicted molar refractivity (Wildman–Crippen MR) is 120 cm³/mol. The number of carbonyl (C=O) groups excluding carboxylic acids is 1. The molecule has 0 bridgehead atoms. The van der Waals surface area contributed by atoms with Crippen LogP contribution < -0.4 is 15.1 Å². The first-order valence-electron chi connectivity index (χ1n) is 10.0. The van der Waals surface area contributed by atoms with E-state index in [9.17, 15) is 9.59 Å². The molecule has 1 unspecified atom stereocenters. The van der Waals surface area contributed by atoms with E-state index in [-0.39, 0.29) is 17.1 Å². The minimum atomic E-state index is -0.619. The number of thiazole rings is 1. The Morgan fingerprint density at radius 2 is 1.87 bits per heavy atom. The summed E-state index contributed by atoms with van der Waals surface area (Å²) in [5.41, 5.74) is 3.37. The highest BCUT2D eigenvalue weighted by molar-refractivity contribution is 7.13. The maximum absolute atomic E-state index is 13.6. The van der Waals surface area contributed by atoms with Gasteiger partial charge in [0, 0.05) is 11.6 Å². The fraction of sp³-hybridized carbons (Fsp3) is 0.208. The van der Waals surface area contributed by atoms with E-state index in [1.54, 1.807) is 16.5 Å². The van der Waals surface area contributed by atoms with Crippen molar-refractivity contribution >= 4 is 33.3 Å². The first kappa shape index (κ1) is 19.5. The molecule has 1 aliphatic heterocycles. The molecule has 31 heavy (non-hydrogen) atoms. The van der Waals surface area contributed by atoms with E-state index in [1.165, 1.54) is 11.3 Å². The van der Waals surface area contributed by atoms with Crippen LogP contribution >= 0.6 is 11.3 Å². The second kappa shape index (κ2) is 7.35. The molecule has 2 aromatic heterocycles. The van der Waals surface area contributed by atoms with E-state index in [4.69, 9.17) is 9.15 Å². The highest BCUT2D eigenvalue weighted by atomic mass is 32.1. The van der Waals surface area contributed by atoms with Gasteiger partial charge < -0.3 is 9.15 Å². The summed E-state index contributed by atoms with van der Waals surface area (Å²) in [5.74, 6) is 0.448. The largest absolute Gasteiger partial charge is 0.494 e. The Kier molecular flexibility index (Phi) is 4.63. The molecule has 1 atom stereocenters. The monoisotopic (exact) mass is 432 g/mol. The fourth-order valence-electron chi connectivity index (χ4n) is 3.99. The summed E-state index contributed by atoms with van der Waals surface area (Å²) in [7, 11) is 0. The lowest BCUT2D eigenvalue weighted by Gasteiger charge is -2.22. The number of hydrogen-bond acceptors (Lipinski definition) is 6. The average molecular weight is 433 g/mol. The van der Waals surface area contributed by atoms with Crippen molar-refractivity contribution in [2.75, 3.05) is 11.5 Å². The second-order valence-corrected chi connectivity index (χ2v) is 8.37. The summed E-state index contributed by atoms with van der Waals surface area (Å²) in [5, 5.41) is 2.80. The molecule has 2 aromatic carbocycles. The second-order valence-electron chi connectivity index (χ2n) is 7.50. The van der Waals surface area contributed by atoms with Crippen molar-refractivity contribution in [1.82, 2.24) is 4.98 Å². The first-order valence-corrected chi connectivity index (χ1v) is 10.9. The lowest BCUT2D eigenvalue weighted by molar-refractivity contribution is 0.0971. The summed E-state index contributed by atoms with van der Waals surface area (Å²) >= 11 is 1.34. The number of hydrogen-bond donors (Lipinski definition) is 0. The zero-order chi connectivity index (χ0) is 21.7. The van der Waals surface area contributed by atoms with Gasteiger partial charge in [-0.2, -0.15) is 0 Å². The number of rotatable bonds is 4. The van der Waals surface area contributed by atoms with Crippen LogP contribution in [0.2, 0.25) is 0 Å². The van der Waals surface area contributed by atoms with Gasteiger partial charge in [-0.15, -0.1) is 11.3 Å². The number of aryl methyl sites for hydroxylation is 2. The number of nitrogens with zero attached hydrogens (tertiary/aromatic N) is 2. The van der Waals surface area contributed by atoms with E-state index in [0.29, 0.717) is 28.3 Å². The van der Waals surface area contributed by atoms with Crippen molar-refractivity contribution in [3.8, 4) is 5.75 Å². The molecule has 4 aromatic rings. The van der Waals surface area contributed by atoms with Crippen LogP contribution in [-0.2, 0) is 0 Å². The number of benzene rings is 2. The van der Waals surface area contributed by atoms with E-state index < -0.39 is 6.04 Å². The van der Waals surface area contributed by atoms with Crippen LogP contribution in [0.5, 0.6) is 5.75 Å². The average Bonchev–Trinajstić information content (AvgIpc) is 3.37. The maximum atomic E-state index is 13.6. The van der Waals surface area contributed by atoms with Gasteiger partial charge in [-0.3, -0.25) is 14.5 Å². The zero-order valence-electron chi connectivity index (χ0n) is 17.3. The predicted octanol–water partition coefficient (Wildman–Crippen LogP) is 5.01. The van der Waals surface area contributed by atoms with Gasteiger partial charge in [-0.05, 0) is 61.7 Å². The Hall–Kier alpha value is -3.45. The molecule has 0 fully saturated rings. The molecule has 0 N–H and O–H groups in total. The third kappa shape index (κ3) is 3.04. The molecule has 6 nitrogen and oxygen atoms in total. The molecule has 0 saturated heterocycles. The van der Waals surface area contributed by atoms with E-state index in [2.05, 4.69) is 4.98 Å².